The van der Waals surface area contributed by atoms with Gasteiger partial charge in [0.2, 0.25) is 5.91 Å². The molecule has 19 heavy (non-hydrogen) atoms. The second-order valence-electron chi connectivity index (χ2n) is 4.84. The Morgan fingerprint density at radius 1 is 1.63 bits per heavy atom. The van der Waals surface area contributed by atoms with E-state index >= 15 is 0 Å². The average molecular weight is 288 g/mol. The first-order valence-corrected chi connectivity index (χ1v) is 6.63. The highest BCUT2D eigenvalue weighted by Crippen LogP contribution is 2.12. The number of aryl methyl sites for hydroxylation is 1. The molecular formula is C13H22ClN3O2. The highest BCUT2D eigenvalue weighted by atomic mass is 35.5. The molecule has 0 spiro atoms. The fraction of sp³-hybridized carbons (Fsp3) is 0.692. The molecule has 1 N–H and O–H groups in total. The second-order valence-corrected chi connectivity index (χ2v) is 4.84. The van der Waals surface area contributed by atoms with E-state index in [4.69, 9.17) is 4.52 Å². The number of carbonyl (C=O) groups is 1. The van der Waals surface area contributed by atoms with E-state index in [-0.39, 0.29) is 18.3 Å². The monoisotopic (exact) mass is 287 g/mol. The van der Waals surface area contributed by atoms with Gasteiger partial charge in [-0.05, 0) is 26.3 Å². The van der Waals surface area contributed by atoms with E-state index in [0.29, 0.717) is 12.5 Å². The smallest absolute Gasteiger partial charge is 0.229 e. The van der Waals surface area contributed by atoms with Crippen LogP contribution >= 0.6 is 12.4 Å². The number of halogens is 1. The van der Waals surface area contributed by atoms with E-state index < -0.39 is 0 Å². The summed E-state index contributed by atoms with van der Waals surface area (Å²) in [6.45, 7) is 6.67. The van der Waals surface area contributed by atoms with Gasteiger partial charge in [0.05, 0.1) is 12.1 Å². The third-order valence-electron chi connectivity index (χ3n) is 3.27. The molecule has 2 heterocycles. The van der Waals surface area contributed by atoms with Gasteiger partial charge < -0.3 is 14.7 Å². The first-order valence-electron chi connectivity index (χ1n) is 6.63. The Kier molecular flexibility index (Phi) is 6.31. The maximum Gasteiger partial charge on any atom is 0.229 e. The minimum Gasteiger partial charge on any atom is -0.361 e. The maximum atomic E-state index is 12.3. The van der Waals surface area contributed by atoms with Crippen molar-refractivity contribution in [3.63, 3.8) is 0 Å². The molecule has 1 amide bonds. The van der Waals surface area contributed by atoms with Gasteiger partial charge in [0.25, 0.3) is 0 Å². The summed E-state index contributed by atoms with van der Waals surface area (Å²) in [7, 11) is 0. The van der Waals surface area contributed by atoms with Crippen molar-refractivity contribution in [3.05, 3.63) is 17.5 Å². The SMILES string of the molecule is CCCN(C(=O)Cc1cc(C)on1)C1CCNC1.Cl. The molecule has 108 valence electrons. The lowest BCUT2D eigenvalue weighted by atomic mass is 10.1. The number of rotatable bonds is 5. The highest BCUT2D eigenvalue weighted by molar-refractivity contribution is 5.85. The highest BCUT2D eigenvalue weighted by Gasteiger charge is 2.26. The summed E-state index contributed by atoms with van der Waals surface area (Å²) < 4.78 is 5.00. The van der Waals surface area contributed by atoms with Gasteiger partial charge in [-0.3, -0.25) is 4.79 Å². The van der Waals surface area contributed by atoms with Crippen LogP contribution in [0, 0.1) is 6.92 Å². The molecule has 6 heteroatoms. The van der Waals surface area contributed by atoms with Gasteiger partial charge in [-0.25, -0.2) is 0 Å². The Hall–Kier alpha value is -1.07. The fourth-order valence-electron chi connectivity index (χ4n) is 2.42. The number of hydrogen-bond acceptors (Lipinski definition) is 4. The average Bonchev–Trinajstić information content (AvgIpc) is 2.97. The van der Waals surface area contributed by atoms with E-state index in [0.717, 1.165) is 43.9 Å². The lowest BCUT2D eigenvalue weighted by Crippen LogP contribution is -2.42. The summed E-state index contributed by atoms with van der Waals surface area (Å²) in [5.74, 6) is 0.904. The molecule has 0 bridgehead atoms. The summed E-state index contributed by atoms with van der Waals surface area (Å²) in [6, 6.07) is 2.17. The molecule has 1 atom stereocenters. The quantitative estimate of drug-likeness (QED) is 0.893. The van der Waals surface area contributed by atoms with Crippen LogP contribution in [0.3, 0.4) is 0 Å². The number of aromatic nitrogens is 1. The summed E-state index contributed by atoms with van der Waals surface area (Å²) in [6.07, 6.45) is 2.37. The number of carbonyl (C=O) groups excluding carboxylic acids is 1. The van der Waals surface area contributed by atoms with Crippen molar-refractivity contribution < 1.29 is 9.32 Å². The number of hydrogen-bond donors (Lipinski definition) is 1. The molecule has 0 saturated carbocycles. The summed E-state index contributed by atoms with van der Waals surface area (Å²) in [4.78, 5) is 14.3. The third-order valence-corrected chi connectivity index (χ3v) is 3.27. The summed E-state index contributed by atoms with van der Waals surface area (Å²) in [5.41, 5.74) is 0.726. The molecule has 0 aromatic carbocycles. The Morgan fingerprint density at radius 2 is 2.42 bits per heavy atom. The first-order chi connectivity index (χ1) is 8.70. The van der Waals surface area contributed by atoms with Crippen LogP contribution in [0.15, 0.2) is 10.6 Å². The molecule has 2 rings (SSSR count). The van der Waals surface area contributed by atoms with Crippen LogP contribution in [0.2, 0.25) is 0 Å². The second kappa shape index (κ2) is 7.50. The van der Waals surface area contributed by atoms with Crippen LogP contribution in [0.4, 0.5) is 0 Å². The molecule has 1 aliphatic heterocycles. The van der Waals surface area contributed by atoms with E-state index in [9.17, 15) is 4.79 Å². The lowest BCUT2D eigenvalue weighted by molar-refractivity contribution is -0.132. The molecule has 0 radical (unpaired) electrons. The third kappa shape index (κ3) is 4.21. The van der Waals surface area contributed by atoms with E-state index in [1.54, 1.807) is 0 Å². The normalized spacial score (nSPS) is 18.1. The van der Waals surface area contributed by atoms with Crippen molar-refractivity contribution in [2.24, 2.45) is 0 Å². The van der Waals surface area contributed by atoms with Crippen LogP contribution in [-0.4, -0.2) is 41.6 Å². The standard InChI is InChI=1S/C13H21N3O2.ClH/c1-3-6-16(12-4-5-14-9-12)13(17)8-11-7-10(2)18-15-11;/h7,12,14H,3-6,8-9H2,1-2H3;1H. The first kappa shape index (κ1) is 16.0. The van der Waals surface area contributed by atoms with Crippen molar-refractivity contribution in [2.75, 3.05) is 19.6 Å². The predicted molar refractivity (Wildman–Crippen MR) is 75.5 cm³/mol. The van der Waals surface area contributed by atoms with Gasteiger partial charge in [0.15, 0.2) is 0 Å². The topological polar surface area (TPSA) is 58.4 Å². The lowest BCUT2D eigenvalue weighted by Gasteiger charge is -2.28. The fourth-order valence-corrected chi connectivity index (χ4v) is 2.42. The van der Waals surface area contributed by atoms with Gasteiger partial charge in [-0.1, -0.05) is 12.1 Å². The minimum atomic E-state index is 0. The van der Waals surface area contributed by atoms with Gasteiger partial charge in [0, 0.05) is 25.2 Å². The molecule has 1 aromatic heterocycles. The summed E-state index contributed by atoms with van der Waals surface area (Å²) >= 11 is 0. The van der Waals surface area contributed by atoms with Crippen LogP contribution in [0.1, 0.15) is 31.2 Å². The number of nitrogens with zero attached hydrogens (tertiary/aromatic N) is 2. The van der Waals surface area contributed by atoms with Gasteiger partial charge in [0.1, 0.15) is 5.76 Å². The van der Waals surface area contributed by atoms with Crippen molar-refractivity contribution in [1.82, 2.24) is 15.4 Å². The maximum absolute atomic E-state index is 12.3. The number of amides is 1. The Morgan fingerprint density at radius 3 is 2.95 bits per heavy atom. The predicted octanol–water partition coefficient (Wildman–Crippen LogP) is 1.55. The van der Waals surface area contributed by atoms with Crippen molar-refractivity contribution in [1.29, 1.82) is 0 Å². The molecule has 1 aliphatic rings. The molecule has 1 unspecified atom stereocenters. The number of nitrogens with one attached hydrogen (secondary N) is 1. The molecule has 1 saturated heterocycles. The van der Waals surface area contributed by atoms with Gasteiger partial charge in [-0.2, -0.15) is 0 Å². The summed E-state index contributed by atoms with van der Waals surface area (Å²) in [5, 5.41) is 7.19. The van der Waals surface area contributed by atoms with Crippen LogP contribution < -0.4 is 5.32 Å². The zero-order chi connectivity index (χ0) is 13.0. The van der Waals surface area contributed by atoms with E-state index in [1.807, 2.05) is 17.9 Å². The Bertz CT molecular complexity index is 402. The van der Waals surface area contributed by atoms with Crippen LogP contribution in [0.5, 0.6) is 0 Å². The molecule has 1 fully saturated rings. The van der Waals surface area contributed by atoms with Crippen LogP contribution in [-0.2, 0) is 11.2 Å². The molecular weight excluding hydrogens is 266 g/mol. The van der Waals surface area contributed by atoms with Gasteiger partial charge >= 0.3 is 0 Å². The Balaban J connectivity index is 0.00000180. The van der Waals surface area contributed by atoms with Crippen molar-refractivity contribution >= 4 is 18.3 Å². The Labute approximate surface area is 120 Å². The largest absolute Gasteiger partial charge is 0.361 e. The van der Waals surface area contributed by atoms with E-state index in [2.05, 4.69) is 17.4 Å². The molecule has 0 aliphatic carbocycles. The minimum absolute atomic E-state index is 0. The van der Waals surface area contributed by atoms with E-state index in [1.165, 1.54) is 0 Å². The van der Waals surface area contributed by atoms with Crippen molar-refractivity contribution in [2.45, 2.75) is 39.2 Å². The van der Waals surface area contributed by atoms with Gasteiger partial charge in [-0.15, -0.1) is 12.4 Å². The van der Waals surface area contributed by atoms with Crippen molar-refractivity contribution in [3.8, 4) is 0 Å². The zero-order valence-electron chi connectivity index (χ0n) is 11.5. The van der Waals surface area contributed by atoms with Crippen LogP contribution in [0.25, 0.3) is 0 Å². The molecule has 1 aromatic rings. The molecule has 5 nitrogen and oxygen atoms in total. The zero-order valence-corrected chi connectivity index (χ0v) is 12.3.